The Morgan fingerprint density at radius 1 is 1.64 bits per heavy atom. The van der Waals surface area contributed by atoms with Crippen LogP contribution in [0.3, 0.4) is 0 Å². The van der Waals surface area contributed by atoms with Gasteiger partial charge in [0, 0.05) is 5.92 Å². The van der Waals surface area contributed by atoms with E-state index in [4.69, 9.17) is 0 Å². The Hall–Kier alpha value is -0.0800. The van der Waals surface area contributed by atoms with Gasteiger partial charge in [0.25, 0.3) is 0 Å². The molecule has 0 saturated heterocycles. The second-order valence-electron chi connectivity index (χ2n) is 3.36. The molecule has 0 aromatic rings. The van der Waals surface area contributed by atoms with Gasteiger partial charge in [-0.05, 0) is 19.8 Å². The summed E-state index contributed by atoms with van der Waals surface area (Å²) in [5.41, 5.74) is 3.98. The lowest BCUT2D eigenvalue weighted by Crippen LogP contribution is -3.00. The van der Waals surface area contributed by atoms with Crippen molar-refractivity contribution in [3.05, 3.63) is 0 Å². The minimum Gasteiger partial charge on any atom is -1.00 e. The number of rotatable bonds is 3. The van der Waals surface area contributed by atoms with Gasteiger partial charge >= 0.3 is 0 Å². The van der Waals surface area contributed by atoms with Gasteiger partial charge in [0.2, 0.25) is 0 Å². The lowest BCUT2D eigenvalue weighted by molar-refractivity contribution is -0.436. The standard InChI is InChI=1S/C8H15NO.ClH/c1-6(10)5-8(9)7-3-2-4-7;/h7-8H,2-5,9H2,1H3;1H. The molecule has 0 amide bonds. The number of hydrogen-bond acceptors (Lipinski definition) is 1. The minimum atomic E-state index is 0. The highest BCUT2D eigenvalue weighted by atomic mass is 35.5. The topological polar surface area (TPSA) is 44.7 Å². The summed E-state index contributed by atoms with van der Waals surface area (Å²) in [4.78, 5) is 10.7. The number of Topliss-reactive ketones (excluding diaryl/α,β-unsaturated/α-hetero) is 1. The second-order valence-corrected chi connectivity index (χ2v) is 3.36. The van der Waals surface area contributed by atoms with Gasteiger partial charge in [-0.2, -0.15) is 0 Å². The molecule has 2 nitrogen and oxygen atoms in total. The molecule has 0 radical (unpaired) electrons. The van der Waals surface area contributed by atoms with Crippen molar-refractivity contribution in [2.75, 3.05) is 0 Å². The Morgan fingerprint density at radius 2 is 2.18 bits per heavy atom. The number of ketones is 1. The van der Waals surface area contributed by atoms with Crippen LogP contribution in [0, 0.1) is 5.92 Å². The highest BCUT2D eigenvalue weighted by molar-refractivity contribution is 5.75. The Bertz CT molecular complexity index is 134. The fraction of sp³-hybridized carbons (Fsp3) is 0.875. The molecule has 1 aliphatic carbocycles. The van der Waals surface area contributed by atoms with Gasteiger partial charge in [-0.1, -0.05) is 6.42 Å². The Balaban J connectivity index is 0.000001000. The maximum atomic E-state index is 10.7. The third-order valence-electron chi connectivity index (χ3n) is 2.37. The van der Waals surface area contributed by atoms with Crippen LogP contribution in [0.2, 0.25) is 0 Å². The molecule has 0 aliphatic heterocycles. The fourth-order valence-electron chi connectivity index (χ4n) is 1.45. The third kappa shape index (κ3) is 3.21. The maximum Gasteiger partial charge on any atom is 0.135 e. The number of hydrogen-bond donors (Lipinski definition) is 1. The molecule has 1 atom stereocenters. The van der Waals surface area contributed by atoms with E-state index in [0.29, 0.717) is 12.5 Å². The molecule has 1 aliphatic rings. The van der Waals surface area contributed by atoms with Crippen molar-refractivity contribution in [1.82, 2.24) is 0 Å². The monoisotopic (exact) mass is 177 g/mol. The van der Waals surface area contributed by atoms with E-state index >= 15 is 0 Å². The Labute approximate surface area is 73.9 Å². The zero-order valence-electron chi connectivity index (χ0n) is 6.98. The summed E-state index contributed by atoms with van der Waals surface area (Å²) in [5, 5.41) is 0. The molecule has 1 saturated carbocycles. The zero-order chi connectivity index (χ0) is 7.56. The van der Waals surface area contributed by atoms with Gasteiger partial charge in [0.15, 0.2) is 0 Å². The predicted octanol–water partition coefficient (Wildman–Crippen LogP) is -2.62. The van der Waals surface area contributed by atoms with Crippen LogP contribution in [0.5, 0.6) is 0 Å². The van der Waals surface area contributed by atoms with E-state index in [1.807, 2.05) is 0 Å². The lowest BCUT2D eigenvalue weighted by Gasteiger charge is -2.27. The molecular weight excluding hydrogens is 162 g/mol. The molecule has 0 heterocycles. The van der Waals surface area contributed by atoms with Crippen LogP contribution in [-0.4, -0.2) is 11.8 Å². The van der Waals surface area contributed by atoms with Crippen LogP contribution in [0.1, 0.15) is 32.6 Å². The van der Waals surface area contributed by atoms with Crippen LogP contribution in [-0.2, 0) is 4.79 Å². The summed E-state index contributed by atoms with van der Waals surface area (Å²) in [6, 6.07) is 0.395. The van der Waals surface area contributed by atoms with Gasteiger partial charge in [0.05, 0.1) is 12.5 Å². The smallest absolute Gasteiger partial charge is 0.135 e. The average molecular weight is 178 g/mol. The van der Waals surface area contributed by atoms with Crippen molar-refractivity contribution in [2.24, 2.45) is 5.92 Å². The Kier molecular flexibility index (Phi) is 4.69. The SMILES string of the molecule is CC(=O)CC([NH3+])C1CCC1.[Cl-]. The van der Waals surface area contributed by atoms with Crippen molar-refractivity contribution >= 4 is 5.78 Å². The molecule has 0 aromatic heterocycles. The van der Waals surface area contributed by atoms with Gasteiger partial charge < -0.3 is 18.1 Å². The maximum absolute atomic E-state index is 10.7. The van der Waals surface area contributed by atoms with E-state index in [1.165, 1.54) is 19.3 Å². The van der Waals surface area contributed by atoms with Crippen molar-refractivity contribution in [1.29, 1.82) is 0 Å². The van der Waals surface area contributed by atoms with E-state index in [2.05, 4.69) is 5.73 Å². The van der Waals surface area contributed by atoms with Gasteiger partial charge in [-0.15, -0.1) is 0 Å². The highest BCUT2D eigenvalue weighted by Gasteiger charge is 2.27. The number of carbonyl (C=O) groups is 1. The average Bonchev–Trinajstić information content (AvgIpc) is 1.55. The minimum absolute atomic E-state index is 0. The molecule has 11 heavy (non-hydrogen) atoms. The van der Waals surface area contributed by atoms with E-state index in [9.17, 15) is 4.79 Å². The van der Waals surface area contributed by atoms with Crippen molar-refractivity contribution in [3.63, 3.8) is 0 Å². The molecule has 3 heteroatoms. The van der Waals surface area contributed by atoms with Crippen LogP contribution >= 0.6 is 0 Å². The zero-order valence-corrected chi connectivity index (χ0v) is 7.73. The van der Waals surface area contributed by atoms with E-state index < -0.39 is 0 Å². The van der Waals surface area contributed by atoms with Crippen LogP contribution < -0.4 is 18.1 Å². The molecule has 0 bridgehead atoms. The predicted molar refractivity (Wildman–Crippen MR) is 39.3 cm³/mol. The third-order valence-corrected chi connectivity index (χ3v) is 2.37. The number of halogens is 1. The van der Waals surface area contributed by atoms with Crippen LogP contribution in [0.4, 0.5) is 0 Å². The molecule has 1 unspecified atom stereocenters. The van der Waals surface area contributed by atoms with Crippen molar-refractivity contribution < 1.29 is 22.9 Å². The summed E-state index contributed by atoms with van der Waals surface area (Å²) in [6.45, 7) is 1.65. The summed E-state index contributed by atoms with van der Waals surface area (Å²) >= 11 is 0. The highest BCUT2D eigenvalue weighted by Crippen LogP contribution is 2.28. The van der Waals surface area contributed by atoms with Crippen LogP contribution in [0.15, 0.2) is 0 Å². The van der Waals surface area contributed by atoms with E-state index in [-0.39, 0.29) is 18.2 Å². The fourth-order valence-corrected chi connectivity index (χ4v) is 1.45. The lowest BCUT2D eigenvalue weighted by atomic mass is 9.78. The first kappa shape index (κ1) is 10.9. The summed E-state index contributed by atoms with van der Waals surface area (Å²) in [7, 11) is 0. The first-order chi connectivity index (χ1) is 4.70. The molecule has 3 N–H and O–H groups in total. The normalized spacial score (nSPS) is 19.8. The number of carbonyl (C=O) groups excluding carboxylic acids is 1. The largest absolute Gasteiger partial charge is 1.00 e. The van der Waals surface area contributed by atoms with Gasteiger partial charge in [-0.25, -0.2) is 0 Å². The van der Waals surface area contributed by atoms with Crippen molar-refractivity contribution in [3.8, 4) is 0 Å². The number of quaternary nitrogens is 1. The second kappa shape index (κ2) is 4.73. The summed E-state index contributed by atoms with van der Waals surface area (Å²) in [5.74, 6) is 1.04. The first-order valence-electron chi connectivity index (χ1n) is 4.02. The van der Waals surface area contributed by atoms with Gasteiger partial charge in [0.1, 0.15) is 5.78 Å². The van der Waals surface area contributed by atoms with E-state index in [0.717, 1.165) is 5.92 Å². The van der Waals surface area contributed by atoms with E-state index in [1.54, 1.807) is 6.92 Å². The van der Waals surface area contributed by atoms with Crippen molar-refractivity contribution in [2.45, 2.75) is 38.6 Å². The molecular formula is C8H16ClNO. The Morgan fingerprint density at radius 3 is 2.45 bits per heavy atom. The molecule has 1 fully saturated rings. The van der Waals surface area contributed by atoms with Crippen LogP contribution in [0.25, 0.3) is 0 Å². The van der Waals surface area contributed by atoms with Gasteiger partial charge in [-0.3, -0.25) is 4.79 Å². The molecule has 66 valence electrons. The first-order valence-corrected chi connectivity index (χ1v) is 4.02. The molecule has 0 aromatic carbocycles. The molecule has 0 spiro atoms. The quantitative estimate of drug-likeness (QED) is 0.504. The summed E-state index contributed by atoms with van der Waals surface area (Å²) < 4.78 is 0. The molecule has 1 rings (SSSR count). The summed E-state index contributed by atoms with van der Waals surface area (Å²) in [6.07, 6.45) is 4.61.